The van der Waals surface area contributed by atoms with Gasteiger partial charge in [-0.1, -0.05) is 12.1 Å². The number of phenols is 2. The first kappa shape index (κ1) is 13.4. The van der Waals surface area contributed by atoms with E-state index in [1.165, 1.54) is 12.1 Å². The summed E-state index contributed by atoms with van der Waals surface area (Å²) in [5.74, 6) is -1.15. The van der Waals surface area contributed by atoms with Crippen LogP contribution < -0.4 is 0 Å². The predicted molar refractivity (Wildman–Crippen MR) is 70.0 cm³/mol. The summed E-state index contributed by atoms with van der Waals surface area (Å²) in [5.41, 5.74) is 1.03. The van der Waals surface area contributed by atoms with E-state index >= 15 is 0 Å². The Morgan fingerprint density at radius 2 is 2.00 bits per heavy atom. The SMILES string of the molecule is N#Cc1cccc(COC(=O)c2cc(O)ccc2O)c1. The number of carbonyl (C=O) groups excluding carboxylic acids is 1. The van der Waals surface area contributed by atoms with Gasteiger partial charge in [-0.15, -0.1) is 0 Å². The number of ether oxygens (including phenoxy) is 1. The molecule has 2 aromatic carbocycles. The molecule has 0 saturated carbocycles. The van der Waals surface area contributed by atoms with E-state index in [0.717, 1.165) is 6.07 Å². The molecule has 0 spiro atoms. The number of carbonyl (C=O) groups is 1. The van der Waals surface area contributed by atoms with Crippen LogP contribution in [0.25, 0.3) is 0 Å². The molecule has 0 heterocycles. The van der Waals surface area contributed by atoms with Crippen LogP contribution in [0.5, 0.6) is 11.5 Å². The molecule has 5 nitrogen and oxygen atoms in total. The van der Waals surface area contributed by atoms with E-state index in [4.69, 9.17) is 10.00 Å². The number of aromatic hydroxyl groups is 2. The van der Waals surface area contributed by atoms with Gasteiger partial charge in [0.05, 0.1) is 11.6 Å². The normalized spacial score (nSPS) is 9.75. The molecule has 0 aromatic heterocycles. The Labute approximate surface area is 115 Å². The van der Waals surface area contributed by atoms with Crippen LogP contribution in [0.1, 0.15) is 21.5 Å². The third kappa shape index (κ3) is 3.06. The molecular weight excluding hydrogens is 258 g/mol. The average Bonchev–Trinajstić information content (AvgIpc) is 2.47. The molecule has 5 heteroatoms. The van der Waals surface area contributed by atoms with Crippen molar-refractivity contribution < 1.29 is 19.7 Å². The Hall–Kier alpha value is -3.00. The van der Waals surface area contributed by atoms with Crippen LogP contribution in [-0.4, -0.2) is 16.2 Å². The van der Waals surface area contributed by atoms with Gasteiger partial charge in [-0.05, 0) is 35.9 Å². The lowest BCUT2D eigenvalue weighted by molar-refractivity contribution is 0.0469. The molecular formula is C15H11NO4. The van der Waals surface area contributed by atoms with Crippen LogP contribution in [0.2, 0.25) is 0 Å². The third-order valence-electron chi connectivity index (χ3n) is 2.63. The molecule has 0 bridgehead atoms. The lowest BCUT2D eigenvalue weighted by atomic mass is 10.1. The maximum Gasteiger partial charge on any atom is 0.342 e. The van der Waals surface area contributed by atoms with Crippen LogP contribution in [-0.2, 0) is 11.3 Å². The van der Waals surface area contributed by atoms with Crippen LogP contribution >= 0.6 is 0 Å². The van der Waals surface area contributed by atoms with Crippen molar-refractivity contribution >= 4 is 5.97 Å². The first-order chi connectivity index (χ1) is 9.60. The first-order valence-electron chi connectivity index (χ1n) is 5.78. The van der Waals surface area contributed by atoms with Crippen LogP contribution in [0, 0.1) is 11.3 Å². The Morgan fingerprint density at radius 3 is 2.75 bits per heavy atom. The fourth-order valence-corrected chi connectivity index (χ4v) is 1.64. The van der Waals surface area contributed by atoms with E-state index in [1.54, 1.807) is 24.3 Å². The highest BCUT2D eigenvalue weighted by Gasteiger charge is 2.13. The summed E-state index contributed by atoms with van der Waals surface area (Å²) in [6, 6.07) is 12.3. The van der Waals surface area contributed by atoms with Gasteiger partial charge in [0.2, 0.25) is 0 Å². The molecule has 0 atom stereocenters. The number of phenolic OH excluding ortho intramolecular Hbond substituents is 2. The highest BCUT2D eigenvalue weighted by molar-refractivity contribution is 5.92. The molecule has 2 rings (SSSR count). The van der Waals surface area contributed by atoms with Crippen LogP contribution in [0.4, 0.5) is 0 Å². The van der Waals surface area contributed by atoms with Gasteiger partial charge in [0.25, 0.3) is 0 Å². The Bertz CT molecular complexity index is 689. The topological polar surface area (TPSA) is 90.5 Å². The van der Waals surface area contributed by atoms with Gasteiger partial charge in [0.1, 0.15) is 23.7 Å². The maximum atomic E-state index is 11.8. The molecule has 0 amide bonds. The fraction of sp³-hybridized carbons (Fsp3) is 0.0667. The number of hydrogen-bond donors (Lipinski definition) is 2. The molecule has 20 heavy (non-hydrogen) atoms. The highest BCUT2D eigenvalue weighted by atomic mass is 16.5. The van der Waals surface area contributed by atoms with Crippen molar-refractivity contribution in [2.45, 2.75) is 6.61 Å². The molecule has 0 saturated heterocycles. The molecule has 0 radical (unpaired) electrons. The summed E-state index contributed by atoms with van der Waals surface area (Å²) in [7, 11) is 0. The van der Waals surface area contributed by atoms with Crippen LogP contribution in [0.3, 0.4) is 0 Å². The predicted octanol–water partition coefficient (Wildman–Crippen LogP) is 2.33. The van der Waals surface area contributed by atoms with Crippen LogP contribution in [0.15, 0.2) is 42.5 Å². The average molecular weight is 269 g/mol. The van der Waals surface area contributed by atoms with Gasteiger partial charge in [0, 0.05) is 0 Å². The molecule has 0 aliphatic carbocycles. The summed E-state index contributed by atoms with van der Waals surface area (Å²) in [6.45, 7) is -0.0244. The van der Waals surface area contributed by atoms with Gasteiger partial charge in [-0.25, -0.2) is 4.79 Å². The Morgan fingerprint density at radius 1 is 1.20 bits per heavy atom. The number of hydrogen-bond acceptors (Lipinski definition) is 5. The van der Waals surface area contributed by atoms with Crippen molar-refractivity contribution in [1.29, 1.82) is 5.26 Å². The number of nitrogens with zero attached hydrogens (tertiary/aromatic N) is 1. The zero-order chi connectivity index (χ0) is 14.5. The van der Waals surface area contributed by atoms with E-state index in [1.807, 2.05) is 6.07 Å². The van der Waals surface area contributed by atoms with Crippen molar-refractivity contribution in [2.75, 3.05) is 0 Å². The lowest BCUT2D eigenvalue weighted by Crippen LogP contribution is -2.05. The number of nitriles is 1. The van der Waals surface area contributed by atoms with Gasteiger partial charge in [-0.2, -0.15) is 5.26 Å². The van der Waals surface area contributed by atoms with Gasteiger partial charge in [0.15, 0.2) is 0 Å². The van der Waals surface area contributed by atoms with E-state index < -0.39 is 5.97 Å². The standard InChI is InChI=1S/C15H11NO4/c16-8-10-2-1-3-11(6-10)9-20-15(19)13-7-12(17)4-5-14(13)18/h1-7,17-18H,9H2. The fourth-order valence-electron chi connectivity index (χ4n) is 1.64. The van der Waals surface area contributed by atoms with E-state index in [-0.39, 0.29) is 23.7 Å². The Balaban J connectivity index is 2.09. The zero-order valence-electron chi connectivity index (χ0n) is 10.4. The molecule has 2 N–H and O–H groups in total. The minimum atomic E-state index is -0.749. The summed E-state index contributed by atoms with van der Waals surface area (Å²) >= 11 is 0. The molecule has 100 valence electrons. The van der Waals surface area contributed by atoms with E-state index in [2.05, 4.69) is 0 Å². The number of rotatable bonds is 3. The second kappa shape index (κ2) is 5.76. The summed E-state index contributed by atoms with van der Waals surface area (Å²) in [6.07, 6.45) is 0. The van der Waals surface area contributed by atoms with Gasteiger partial charge in [-0.3, -0.25) is 0 Å². The molecule has 0 aliphatic rings. The monoisotopic (exact) mass is 269 g/mol. The Kier molecular flexibility index (Phi) is 3.87. The quantitative estimate of drug-likeness (QED) is 0.659. The van der Waals surface area contributed by atoms with Crippen molar-refractivity contribution in [3.8, 4) is 17.6 Å². The molecule has 0 unspecified atom stereocenters. The van der Waals surface area contributed by atoms with E-state index in [9.17, 15) is 15.0 Å². The van der Waals surface area contributed by atoms with Gasteiger partial charge >= 0.3 is 5.97 Å². The minimum Gasteiger partial charge on any atom is -0.508 e. The summed E-state index contributed by atoms with van der Waals surface area (Å²) in [5, 5.41) is 27.6. The van der Waals surface area contributed by atoms with Gasteiger partial charge < -0.3 is 14.9 Å². The van der Waals surface area contributed by atoms with Crippen molar-refractivity contribution in [3.05, 3.63) is 59.2 Å². The largest absolute Gasteiger partial charge is 0.508 e. The first-order valence-corrected chi connectivity index (χ1v) is 5.78. The number of esters is 1. The van der Waals surface area contributed by atoms with E-state index in [0.29, 0.717) is 11.1 Å². The second-order valence-electron chi connectivity index (χ2n) is 4.09. The molecule has 0 aliphatic heterocycles. The molecule has 0 fully saturated rings. The minimum absolute atomic E-state index is 0.0244. The zero-order valence-corrected chi connectivity index (χ0v) is 10.4. The van der Waals surface area contributed by atoms with Crippen molar-refractivity contribution in [2.24, 2.45) is 0 Å². The number of benzene rings is 2. The second-order valence-corrected chi connectivity index (χ2v) is 4.09. The third-order valence-corrected chi connectivity index (χ3v) is 2.63. The highest BCUT2D eigenvalue weighted by Crippen LogP contribution is 2.23. The summed E-state index contributed by atoms with van der Waals surface area (Å²) < 4.78 is 5.03. The van der Waals surface area contributed by atoms with Crippen molar-refractivity contribution in [1.82, 2.24) is 0 Å². The smallest absolute Gasteiger partial charge is 0.342 e. The van der Waals surface area contributed by atoms with Crippen molar-refractivity contribution in [3.63, 3.8) is 0 Å². The lowest BCUT2D eigenvalue weighted by Gasteiger charge is -2.07. The molecule has 2 aromatic rings. The maximum absolute atomic E-state index is 11.8. The summed E-state index contributed by atoms with van der Waals surface area (Å²) in [4.78, 5) is 11.8.